The molecule has 0 aliphatic carbocycles. The van der Waals surface area contributed by atoms with Gasteiger partial charge in [0.25, 0.3) is 0 Å². The van der Waals surface area contributed by atoms with Crippen molar-refractivity contribution in [1.29, 1.82) is 0 Å². The normalized spacial score (nSPS) is 23.2. The summed E-state index contributed by atoms with van der Waals surface area (Å²) in [5.74, 6) is 0.0995. The summed E-state index contributed by atoms with van der Waals surface area (Å²) in [5.41, 5.74) is 0. The number of carbonyl (C=O) groups is 1. The average Bonchev–Trinajstić information content (AvgIpc) is 2.18. The SMILES string of the molecule is CNC1CCCN(C(=O)COC)C1. The smallest absolute Gasteiger partial charge is 0.248 e. The molecule has 1 aliphatic rings. The van der Waals surface area contributed by atoms with Crippen LogP contribution in [0.15, 0.2) is 0 Å². The molecule has 1 aliphatic heterocycles. The number of likely N-dealkylation sites (N-methyl/N-ethyl adjacent to an activating group) is 1. The Morgan fingerprint density at radius 2 is 2.46 bits per heavy atom. The first kappa shape index (κ1) is 10.5. The van der Waals surface area contributed by atoms with Gasteiger partial charge in [0.15, 0.2) is 0 Å². The maximum atomic E-state index is 11.4. The molecule has 4 nitrogen and oxygen atoms in total. The van der Waals surface area contributed by atoms with E-state index in [-0.39, 0.29) is 12.5 Å². The van der Waals surface area contributed by atoms with Gasteiger partial charge in [-0.25, -0.2) is 0 Å². The number of hydrogen-bond donors (Lipinski definition) is 1. The highest BCUT2D eigenvalue weighted by molar-refractivity contribution is 5.77. The molecule has 76 valence electrons. The Balaban J connectivity index is 2.37. The van der Waals surface area contributed by atoms with Crippen LogP contribution in [0.2, 0.25) is 0 Å². The largest absolute Gasteiger partial charge is 0.375 e. The predicted octanol–water partition coefficient (Wildman–Crippen LogP) is -0.157. The van der Waals surface area contributed by atoms with Crippen LogP contribution in [0, 0.1) is 0 Å². The fraction of sp³-hybridized carbons (Fsp3) is 0.889. The van der Waals surface area contributed by atoms with Crippen molar-refractivity contribution < 1.29 is 9.53 Å². The first-order valence-corrected chi connectivity index (χ1v) is 4.72. The van der Waals surface area contributed by atoms with Crippen LogP contribution in [0.5, 0.6) is 0 Å². The summed E-state index contributed by atoms with van der Waals surface area (Å²) in [6.07, 6.45) is 2.24. The second-order valence-electron chi connectivity index (χ2n) is 3.40. The minimum absolute atomic E-state index is 0.0995. The Morgan fingerprint density at radius 1 is 1.69 bits per heavy atom. The molecule has 0 bridgehead atoms. The average molecular weight is 186 g/mol. The zero-order valence-corrected chi connectivity index (χ0v) is 8.38. The topological polar surface area (TPSA) is 41.6 Å². The number of amides is 1. The number of ether oxygens (including phenoxy) is 1. The number of hydrogen-bond acceptors (Lipinski definition) is 3. The predicted molar refractivity (Wildman–Crippen MR) is 50.5 cm³/mol. The number of nitrogens with zero attached hydrogens (tertiary/aromatic N) is 1. The zero-order chi connectivity index (χ0) is 9.68. The highest BCUT2D eigenvalue weighted by Crippen LogP contribution is 2.09. The van der Waals surface area contributed by atoms with Crippen LogP contribution >= 0.6 is 0 Å². The summed E-state index contributed by atoms with van der Waals surface area (Å²) in [6, 6.07) is 0.453. The van der Waals surface area contributed by atoms with E-state index in [9.17, 15) is 4.79 Å². The summed E-state index contributed by atoms with van der Waals surface area (Å²) in [6.45, 7) is 1.90. The number of likely N-dealkylation sites (tertiary alicyclic amines) is 1. The molecular formula is C9H18N2O2. The lowest BCUT2D eigenvalue weighted by Gasteiger charge is -2.32. The minimum Gasteiger partial charge on any atom is -0.375 e. The van der Waals surface area contributed by atoms with Crippen molar-refractivity contribution in [2.45, 2.75) is 18.9 Å². The molecule has 1 rings (SSSR count). The number of piperidine rings is 1. The summed E-state index contributed by atoms with van der Waals surface area (Å²) in [7, 11) is 3.49. The Hall–Kier alpha value is -0.610. The van der Waals surface area contributed by atoms with E-state index in [1.165, 1.54) is 0 Å². The zero-order valence-electron chi connectivity index (χ0n) is 8.38. The molecule has 1 saturated heterocycles. The maximum absolute atomic E-state index is 11.4. The third-order valence-electron chi connectivity index (χ3n) is 2.45. The molecule has 4 heteroatoms. The molecular weight excluding hydrogens is 168 g/mol. The van der Waals surface area contributed by atoms with Gasteiger partial charge < -0.3 is 15.0 Å². The third-order valence-corrected chi connectivity index (χ3v) is 2.45. The van der Waals surface area contributed by atoms with Crippen molar-refractivity contribution in [1.82, 2.24) is 10.2 Å². The molecule has 1 heterocycles. The molecule has 0 aromatic carbocycles. The number of nitrogens with one attached hydrogen (secondary N) is 1. The molecule has 0 radical (unpaired) electrons. The summed E-state index contributed by atoms with van der Waals surface area (Å²) in [4.78, 5) is 13.3. The number of methoxy groups -OCH3 is 1. The van der Waals surface area contributed by atoms with Crippen LogP contribution in [-0.2, 0) is 9.53 Å². The highest BCUT2D eigenvalue weighted by Gasteiger charge is 2.21. The Kier molecular flexibility index (Phi) is 4.18. The Bertz CT molecular complexity index is 173. The lowest BCUT2D eigenvalue weighted by Crippen LogP contribution is -2.47. The van der Waals surface area contributed by atoms with Crippen molar-refractivity contribution in [2.24, 2.45) is 0 Å². The van der Waals surface area contributed by atoms with Gasteiger partial charge in [-0.2, -0.15) is 0 Å². The van der Waals surface area contributed by atoms with Crippen LogP contribution < -0.4 is 5.32 Å². The molecule has 1 unspecified atom stereocenters. The van der Waals surface area contributed by atoms with Gasteiger partial charge in [-0.3, -0.25) is 4.79 Å². The molecule has 1 amide bonds. The highest BCUT2D eigenvalue weighted by atomic mass is 16.5. The van der Waals surface area contributed by atoms with Crippen LogP contribution in [0.3, 0.4) is 0 Å². The van der Waals surface area contributed by atoms with Crippen LogP contribution in [0.25, 0.3) is 0 Å². The van der Waals surface area contributed by atoms with E-state index in [1.807, 2.05) is 11.9 Å². The maximum Gasteiger partial charge on any atom is 0.248 e. The molecule has 0 saturated carbocycles. The summed E-state index contributed by atoms with van der Waals surface area (Å²) in [5, 5.41) is 3.20. The van der Waals surface area contributed by atoms with E-state index < -0.39 is 0 Å². The van der Waals surface area contributed by atoms with Gasteiger partial charge in [-0.15, -0.1) is 0 Å². The van der Waals surface area contributed by atoms with E-state index in [1.54, 1.807) is 7.11 Å². The van der Waals surface area contributed by atoms with Gasteiger partial charge in [0.05, 0.1) is 0 Å². The summed E-state index contributed by atoms with van der Waals surface area (Å²) >= 11 is 0. The van der Waals surface area contributed by atoms with E-state index >= 15 is 0 Å². The van der Waals surface area contributed by atoms with Crippen molar-refractivity contribution >= 4 is 5.91 Å². The molecule has 0 aromatic rings. The van der Waals surface area contributed by atoms with E-state index in [2.05, 4.69) is 5.32 Å². The van der Waals surface area contributed by atoms with Crippen LogP contribution in [-0.4, -0.2) is 50.7 Å². The van der Waals surface area contributed by atoms with Gasteiger partial charge in [0.2, 0.25) is 5.91 Å². The molecule has 0 spiro atoms. The second kappa shape index (κ2) is 5.19. The Labute approximate surface area is 79.2 Å². The standard InChI is InChI=1S/C9H18N2O2/c1-10-8-4-3-5-11(6-8)9(12)7-13-2/h8,10H,3-7H2,1-2H3. The monoisotopic (exact) mass is 186 g/mol. The number of carbonyl (C=O) groups excluding carboxylic acids is 1. The Morgan fingerprint density at radius 3 is 3.08 bits per heavy atom. The van der Waals surface area contributed by atoms with Crippen LogP contribution in [0.4, 0.5) is 0 Å². The van der Waals surface area contributed by atoms with Gasteiger partial charge in [-0.05, 0) is 19.9 Å². The van der Waals surface area contributed by atoms with Crippen LogP contribution in [0.1, 0.15) is 12.8 Å². The van der Waals surface area contributed by atoms with Gasteiger partial charge in [0, 0.05) is 26.2 Å². The van der Waals surface area contributed by atoms with Crippen molar-refractivity contribution in [3.8, 4) is 0 Å². The quantitative estimate of drug-likeness (QED) is 0.666. The lowest BCUT2D eigenvalue weighted by atomic mass is 10.1. The van der Waals surface area contributed by atoms with Gasteiger partial charge >= 0.3 is 0 Å². The fourth-order valence-corrected chi connectivity index (χ4v) is 1.65. The minimum atomic E-state index is 0.0995. The lowest BCUT2D eigenvalue weighted by molar-refractivity contribution is -0.136. The van der Waals surface area contributed by atoms with E-state index in [0.717, 1.165) is 25.9 Å². The van der Waals surface area contributed by atoms with E-state index in [0.29, 0.717) is 6.04 Å². The fourth-order valence-electron chi connectivity index (χ4n) is 1.65. The second-order valence-corrected chi connectivity index (χ2v) is 3.40. The first-order chi connectivity index (χ1) is 6.27. The van der Waals surface area contributed by atoms with Crippen molar-refractivity contribution in [3.63, 3.8) is 0 Å². The van der Waals surface area contributed by atoms with Gasteiger partial charge in [0.1, 0.15) is 6.61 Å². The first-order valence-electron chi connectivity index (χ1n) is 4.72. The molecule has 1 atom stereocenters. The number of rotatable bonds is 3. The van der Waals surface area contributed by atoms with E-state index in [4.69, 9.17) is 4.74 Å². The molecule has 0 aromatic heterocycles. The van der Waals surface area contributed by atoms with Crippen molar-refractivity contribution in [2.75, 3.05) is 33.9 Å². The molecule has 13 heavy (non-hydrogen) atoms. The molecule has 1 N–H and O–H groups in total. The third kappa shape index (κ3) is 2.97. The summed E-state index contributed by atoms with van der Waals surface area (Å²) < 4.78 is 4.81. The van der Waals surface area contributed by atoms with Gasteiger partial charge in [-0.1, -0.05) is 0 Å². The van der Waals surface area contributed by atoms with Crippen molar-refractivity contribution in [3.05, 3.63) is 0 Å². The molecule has 1 fully saturated rings.